The fourth-order valence-corrected chi connectivity index (χ4v) is 5.62. The van der Waals surface area contributed by atoms with E-state index in [2.05, 4.69) is 64.5 Å². The van der Waals surface area contributed by atoms with E-state index >= 15 is 0 Å². The average Bonchev–Trinajstić information content (AvgIpc) is 2.79. The second-order valence-corrected chi connectivity index (χ2v) is 11.9. The first kappa shape index (κ1) is 30.5. The monoisotopic (exact) mass is 618 g/mol. The summed E-state index contributed by atoms with van der Waals surface area (Å²) < 4.78 is 2.66. The summed E-state index contributed by atoms with van der Waals surface area (Å²) in [7, 11) is 0. The summed E-state index contributed by atoms with van der Waals surface area (Å²) in [6.07, 6.45) is 30.9. The highest BCUT2D eigenvalue weighted by molar-refractivity contribution is 14.1. The van der Waals surface area contributed by atoms with Crippen LogP contribution in [-0.4, -0.2) is 0 Å². The zero-order valence-corrected chi connectivity index (χ0v) is 25.2. The molecule has 2 heteroatoms. The fourth-order valence-electron chi connectivity index (χ4n) is 4.70. The van der Waals surface area contributed by atoms with E-state index in [-0.39, 0.29) is 0 Å². The molecule has 0 unspecified atom stereocenters. The van der Waals surface area contributed by atoms with E-state index in [1.165, 1.54) is 149 Å². The van der Waals surface area contributed by atoms with E-state index in [1.54, 1.807) is 11.1 Å². The molecule has 0 fully saturated rings. The van der Waals surface area contributed by atoms with E-state index < -0.39 is 0 Å². The topological polar surface area (TPSA) is 0 Å². The van der Waals surface area contributed by atoms with Crippen molar-refractivity contribution >= 4 is 38.5 Å². The minimum absolute atomic E-state index is 1.26. The molecule has 0 saturated carbocycles. The summed E-state index contributed by atoms with van der Waals surface area (Å²) in [5.41, 5.74) is 3.22. The summed E-state index contributed by atoms with van der Waals surface area (Å²) in [6.45, 7) is 4.60. The van der Waals surface area contributed by atoms with Gasteiger partial charge >= 0.3 is 0 Å². The summed E-state index contributed by atoms with van der Waals surface area (Å²) in [5, 5.41) is 0. The third-order valence-corrected chi connectivity index (χ3v) is 9.13. The lowest BCUT2D eigenvalue weighted by molar-refractivity contribution is 0.553. The molecule has 1 rings (SSSR count). The van der Waals surface area contributed by atoms with E-state index in [0.717, 1.165) is 0 Å². The van der Waals surface area contributed by atoms with Crippen molar-refractivity contribution < 1.29 is 0 Å². The number of rotatable bonds is 22. The molecule has 0 aliphatic heterocycles. The van der Waals surface area contributed by atoms with Crippen LogP contribution >= 0.6 is 38.5 Å². The molecule has 0 aliphatic carbocycles. The molecule has 1 aromatic carbocycles. The molecule has 0 aromatic heterocycles. The number of aryl methyl sites for hydroxylation is 2. The number of hydrogen-bond donors (Lipinski definition) is 0. The zero-order chi connectivity index (χ0) is 23.3. The summed E-state index contributed by atoms with van der Waals surface area (Å²) in [4.78, 5) is 0. The van der Waals surface area contributed by atoms with Gasteiger partial charge in [0.05, 0.1) is 0 Å². The van der Waals surface area contributed by atoms with Crippen LogP contribution in [0.5, 0.6) is 0 Å². The lowest BCUT2D eigenvalue weighted by Gasteiger charge is -2.12. The van der Waals surface area contributed by atoms with Crippen molar-refractivity contribution in [3.63, 3.8) is 0 Å². The first-order valence-electron chi connectivity index (χ1n) is 14.2. The van der Waals surface area contributed by atoms with Gasteiger partial charge in [-0.3, -0.25) is 0 Å². The first-order valence-corrected chi connectivity index (χ1v) is 16.0. The highest BCUT2D eigenvalue weighted by Crippen LogP contribution is 2.27. The number of benzene rings is 1. The van der Waals surface area contributed by atoms with E-state index in [1.807, 2.05) is 0 Å². The Morgan fingerprint density at radius 3 is 1.19 bits per heavy atom. The van der Waals surface area contributed by atoms with Crippen LogP contribution in [0.3, 0.4) is 0 Å². The van der Waals surface area contributed by atoms with Crippen LogP contribution in [0.1, 0.15) is 153 Å². The molecule has 0 aliphatic rings. The van der Waals surface area contributed by atoms with E-state index in [0.29, 0.717) is 0 Å². The predicted octanol–water partition coefficient (Wildman–Crippen LogP) is 12.0. The lowest BCUT2D eigenvalue weighted by Crippen LogP contribution is -1.98. The predicted molar refractivity (Wildman–Crippen MR) is 158 cm³/mol. The number of hydrogen-bond acceptors (Lipinski definition) is 0. The summed E-state index contributed by atoms with van der Waals surface area (Å²) in [6, 6.07) is 4.87. The Morgan fingerprint density at radius 2 is 0.812 bits per heavy atom. The maximum atomic E-state index is 3.77. The van der Waals surface area contributed by atoms with Crippen LogP contribution in [0.2, 0.25) is 0 Å². The minimum Gasteiger partial charge on any atom is -0.0654 e. The Labute approximate surface area is 223 Å². The van der Waals surface area contributed by atoms with Gasteiger partial charge in [0.2, 0.25) is 0 Å². The fraction of sp³-hybridized carbons (Fsp3) is 0.800. The molecule has 0 nitrogen and oxygen atoms in total. The highest BCUT2D eigenvalue weighted by atomic mass is 127. The van der Waals surface area contributed by atoms with Crippen molar-refractivity contribution in [1.29, 1.82) is 0 Å². The number of halogens is 2. The molecule has 0 atom stereocenters. The lowest BCUT2D eigenvalue weighted by atomic mass is 9.96. The normalized spacial score (nSPS) is 11.4. The third-order valence-electron chi connectivity index (χ3n) is 6.84. The van der Waals surface area contributed by atoms with Crippen molar-refractivity contribution in [3.05, 3.63) is 31.3 Å². The van der Waals surface area contributed by atoms with Gasteiger partial charge in [0.15, 0.2) is 0 Å². The van der Waals surface area contributed by atoms with Gasteiger partial charge < -0.3 is 0 Å². The largest absolute Gasteiger partial charge is 0.0654 e. The van der Waals surface area contributed by atoms with Crippen molar-refractivity contribution in [2.45, 2.75) is 155 Å². The molecule has 0 N–H and O–H groups in total. The summed E-state index contributed by atoms with van der Waals surface area (Å²) in [5.74, 6) is 0. The summed E-state index contributed by atoms with van der Waals surface area (Å²) >= 11 is 6.26. The highest BCUT2D eigenvalue weighted by Gasteiger charge is 2.07. The van der Waals surface area contributed by atoms with E-state index in [4.69, 9.17) is 0 Å². The molecule has 186 valence electrons. The maximum absolute atomic E-state index is 3.77. The van der Waals surface area contributed by atoms with Crippen LogP contribution in [0.15, 0.2) is 16.6 Å². The Hall–Kier alpha value is 0.430. The minimum atomic E-state index is 1.26. The van der Waals surface area contributed by atoms with Crippen LogP contribution in [0.4, 0.5) is 0 Å². The van der Waals surface area contributed by atoms with Gasteiger partial charge in [-0.1, -0.05) is 129 Å². The molecular weight excluding hydrogens is 567 g/mol. The van der Waals surface area contributed by atoms with Crippen LogP contribution in [0, 0.1) is 3.57 Å². The molecule has 0 spiro atoms. The second kappa shape index (κ2) is 21.9. The molecular formula is C30H52BrI. The van der Waals surface area contributed by atoms with Crippen LogP contribution in [-0.2, 0) is 12.8 Å². The molecule has 0 heterocycles. The first-order chi connectivity index (χ1) is 15.7. The third kappa shape index (κ3) is 16.1. The van der Waals surface area contributed by atoms with Crippen molar-refractivity contribution in [3.8, 4) is 0 Å². The zero-order valence-electron chi connectivity index (χ0n) is 21.5. The van der Waals surface area contributed by atoms with E-state index in [9.17, 15) is 0 Å². The average molecular weight is 620 g/mol. The molecule has 0 amide bonds. The Kier molecular flexibility index (Phi) is 20.9. The molecule has 0 bridgehead atoms. The van der Waals surface area contributed by atoms with Gasteiger partial charge in [0.1, 0.15) is 0 Å². The van der Waals surface area contributed by atoms with Gasteiger partial charge in [-0.2, -0.15) is 0 Å². The van der Waals surface area contributed by atoms with Crippen molar-refractivity contribution in [2.75, 3.05) is 0 Å². The van der Waals surface area contributed by atoms with Gasteiger partial charge in [-0.15, -0.1) is 0 Å². The van der Waals surface area contributed by atoms with Crippen LogP contribution < -0.4 is 0 Å². The Morgan fingerprint density at radius 1 is 0.500 bits per heavy atom. The Bertz CT molecular complexity index is 505. The standard InChI is InChI=1S/C30H52BrI/c1-3-5-7-9-11-13-15-17-19-21-23-27-25-29(31)30(32)26-28(27)24-22-20-18-16-14-12-10-8-6-4-2/h25-26H,3-24H2,1-2H3. The molecule has 32 heavy (non-hydrogen) atoms. The molecule has 0 radical (unpaired) electrons. The van der Waals surface area contributed by atoms with Crippen molar-refractivity contribution in [1.82, 2.24) is 0 Å². The van der Waals surface area contributed by atoms with Gasteiger partial charge in [-0.25, -0.2) is 0 Å². The SMILES string of the molecule is CCCCCCCCCCCCc1cc(Br)c(I)cc1CCCCCCCCCCCC. The maximum Gasteiger partial charge on any atom is 0.0311 e. The van der Waals surface area contributed by atoms with Crippen LogP contribution in [0.25, 0.3) is 0 Å². The molecule has 0 saturated heterocycles. The smallest absolute Gasteiger partial charge is 0.0311 e. The van der Waals surface area contributed by atoms with Gasteiger partial charge in [-0.05, 0) is 87.5 Å². The number of unbranched alkanes of at least 4 members (excludes halogenated alkanes) is 18. The van der Waals surface area contributed by atoms with Gasteiger partial charge in [0, 0.05) is 8.04 Å². The van der Waals surface area contributed by atoms with Gasteiger partial charge in [0.25, 0.3) is 0 Å². The van der Waals surface area contributed by atoms with Crippen molar-refractivity contribution in [2.24, 2.45) is 0 Å². The Balaban J connectivity index is 2.19. The quantitative estimate of drug-likeness (QED) is 0.0895. The second-order valence-electron chi connectivity index (χ2n) is 9.90. The molecule has 1 aromatic rings.